The molecule has 2 nitrogen and oxygen atoms in total. The molecule has 0 fully saturated rings. The molecule has 0 N–H and O–H groups in total. The molecule has 0 unspecified atom stereocenters. The first-order valence-electron chi connectivity index (χ1n) is 4.82. The van der Waals surface area contributed by atoms with Crippen LogP contribution in [0.1, 0.15) is 19.8 Å². The monoisotopic (exact) mass is 196 g/mol. The van der Waals surface area contributed by atoms with E-state index in [4.69, 9.17) is 9.47 Å². The van der Waals surface area contributed by atoms with E-state index >= 15 is 0 Å². The van der Waals surface area contributed by atoms with E-state index in [9.17, 15) is 0 Å². The van der Waals surface area contributed by atoms with Crippen molar-refractivity contribution >= 4 is 0 Å². The van der Waals surface area contributed by atoms with Gasteiger partial charge in [0, 0.05) is 0 Å². The second-order valence-electron chi connectivity index (χ2n) is 3.07. The van der Waals surface area contributed by atoms with Gasteiger partial charge in [0.25, 0.3) is 0 Å². The predicted molar refractivity (Wildman–Crippen MR) is 60.1 cm³/mol. The molecule has 80 valence electrons. The molecule has 0 radical (unpaired) electrons. The Kier molecular flexibility index (Phi) is 8.19. The van der Waals surface area contributed by atoms with Crippen LogP contribution in [0.15, 0.2) is 37.5 Å². The number of ether oxygens (including phenoxy) is 2. The Morgan fingerprint density at radius 3 is 1.86 bits per heavy atom. The predicted octanol–water partition coefficient (Wildman–Crippen LogP) is 3.07. The Hall–Kier alpha value is -0.860. The van der Waals surface area contributed by atoms with Gasteiger partial charge in [-0.25, -0.2) is 0 Å². The summed E-state index contributed by atoms with van der Waals surface area (Å²) in [6.45, 7) is 14.2. The minimum atomic E-state index is -0.296. The molecule has 0 rings (SSSR count). The molecule has 0 bridgehead atoms. The molecule has 0 atom stereocenters. The van der Waals surface area contributed by atoms with Crippen LogP contribution >= 0.6 is 0 Å². The Morgan fingerprint density at radius 1 is 1.14 bits per heavy atom. The second-order valence-corrected chi connectivity index (χ2v) is 3.07. The van der Waals surface area contributed by atoms with Gasteiger partial charge >= 0.3 is 0 Å². The van der Waals surface area contributed by atoms with E-state index in [1.54, 1.807) is 0 Å². The van der Waals surface area contributed by atoms with Gasteiger partial charge in [-0.3, -0.25) is 0 Å². The first-order valence-corrected chi connectivity index (χ1v) is 4.82. The molecule has 2 heteroatoms. The molecule has 0 saturated heterocycles. The molecule has 0 aromatic carbocycles. The van der Waals surface area contributed by atoms with Gasteiger partial charge in [0.05, 0.1) is 13.2 Å². The van der Waals surface area contributed by atoms with E-state index in [2.05, 4.69) is 19.7 Å². The normalized spacial score (nSPS) is 10.1. The maximum absolute atomic E-state index is 5.46. The van der Waals surface area contributed by atoms with Crippen molar-refractivity contribution in [2.45, 2.75) is 26.1 Å². The lowest BCUT2D eigenvalue weighted by molar-refractivity contribution is -0.115. The van der Waals surface area contributed by atoms with Crippen molar-refractivity contribution in [1.82, 2.24) is 0 Å². The number of hydrogen-bond acceptors (Lipinski definition) is 2. The van der Waals surface area contributed by atoms with Crippen molar-refractivity contribution in [3.05, 3.63) is 37.5 Å². The maximum Gasteiger partial charge on any atom is 0.179 e. The summed E-state index contributed by atoms with van der Waals surface area (Å²) in [6.07, 6.45) is 5.00. The minimum absolute atomic E-state index is 0.296. The van der Waals surface area contributed by atoms with Crippen LogP contribution in [0.4, 0.5) is 0 Å². The summed E-state index contributed by atoms with van der Waals surface area (Å²) in [7, 11) is 0. The van der Waals surface area contributed by atoms with Crippen LogP contribution in [-0.2, 0) is 9.47 Å². The fourth-order valence-electron chi connectivity index (χ4n) is 0.849. The van der Waals surface area contributed by atoms with Crippen LogP contribution in [0.25, 0.3) is 0 Å². The van der Waals surface area contributed by atoms with Crippen LogP contribution < -0.4 is 0 Å². The quantitative estimate of drug-likeness (QED) is 0.320. The molecule has 0 spiro atoms. The smallest absolute Gasteiger partial charge is 0.179 e. The van der Waals surface area contributed by atoms with Crippen LogP contribution in [0, 0.1) is 0 Å². The van der Waals surface area contributed by atoms with Gasteiger partial charge in [0.1, 0.15) is 0 Å². The van der Waals surface area contributed by atoms with Gasteiger partial charge in [-0.2, -0.15) is 0 Å². The Bertz CT molecular complexity index is 171. The minimum Gasteiger partial charge on any atom is -0.348 e. The summed E-state index contributed by atoms with van der Waals surface area (Å²) >= 11 is 0. The standard InChI is InChI=1S/C12H20O2/c1-5-7-9-13-12(11(3)4)14-10-8-6-2/h5-6,12H,1-3,7-10H2,4H3. The third kappa shape index (κ3) is 6.63. The van der Waals surface area contributed by atoms with Crippen molar-refractivity contribution in [2.75, 3.05) is 13.2 Å². The van der Waals surface area contributed by atoms with E-state index in [0.29, 0.717) is 13.2 Å². The van der Waals surface area contributed by atoms with Crippen molar-refractivity contribution < 1.29 is 9.47 Å². The van der Waals surface area contributed by atoms with Crippen LogP contribution in [-0.4, -0.2) is 19.5 Å². The molecule has 0 aliphatic heterocycles. The molecule has 0 aliphatic rings. The van der Waals surface area contributed by atoms with Crippen molar-refractivity contribution in [2.24, 2.45) is 0 Å². The zero-order valence-corrected chi connectivity index (χ0v) is 9.00. The van der Waals surface area contributed by atoms with E-state index in [-0.39, 0.29) is 6.29 Å². The first-order chi connectivity index (χ1) is 6.72. The molecule has 14 heavy (non-hydrogen) atoms. The Balaban J connectivity index is 3.71. The summed E-state index contributed by atoms with van der Waals surface area (Å²) in [5.74, 6) is 0. The van der Waals surface area contributed by atoms with Crippen LogP contribution in [0.5, 0.6) is 0 Å². The lowest BCUT2D eigenvalue weighted by atomic mass is 10.3. The summed E-state index contributed by atoms with van der Waals surface area (Å²) in [5, 5.41) is 0. The summed E-state index contributed by atoms with van der Waals surface area (Å²) < 4.78 is 10.9. The molecule has 0 aromatic rings. The molecule has 0 aromatic heterocycles. The highest BCUT2D eigenvalue weighted by molar-refractivity contribution is 4.93. The lowest BCUT2D eigenvalue weighted by Gasteiger charge is -2.17. The lowest BCUT2D eigenvalue weighted by Crippen LogP contribution is -2.19. The molecular formula is C12H20O2. The maximum atomic E-state index is 5.46. The molecular weight excluding hydrogens is 176 g/mol. The van der Waals surface area contributed by atoms with E-state index in [1.165, 1.54) is 0 Å². The van der Waals surface area contributed by atoms with Gasteiger partial charge in [-0.1, -0.05) is 18.7 Å². The summed E-state index contributed by atoms with van der Waals surface area (Å²) in [6, 6.07) is 0. The zero-order chi connectivity index (χ0) is 10.8. The van der Waals surface area contributed by atoms with E-state index < -0.39 is 0 Å². The molecule has 0 amide bonds. The first kappa shape index (κ1) is 13.1. The third-order valence-electron chi connectivity index (χ3n) is 1.58. The Labute approximate surface area is 86.9 Å². The average Bonchev–Trinajstić information content (AvgIpc) is 2.15. The fraction of sp³-hybridized carbons (Fsp3) is 0.500. The third-order valence-corrected chi connectivity index (χ3v) is 1.58. The van der Waals surface area contributed by atoms with Gasteiger partial charge < -0.3 is 9.47 Å². The summed E-state index contributed by atoms with van der Waals surface area (Å²) in [4.78, 5) is 0. The number of rotatable bonds is 9. The van der Waals surface area contributed by atoms with Gasteiger partial charge in [-0.05, 0) is 25.3 Å². The highest BCUT2D eigenvalue weighted by atomic mass is 16.7. The largest absolute Gasteiger partial charge is 0.348 e. The van der Waals surface area contributed by atoms with Crippen LogP contribution in [0.2, 0.25) is 0 Å². The highest BCUT2D eigenvalue weighted by Gasteiger charge is 2.08. The van der Waals surface area contributed by atoms with E-state index in [0.717, 1.165) is 18.4 Å². The van der Waals surface area contributed by atoms with Crippen molar-refractivity contribution in [1.29, 1.82) is 0 Å². The number of hydrogen-bond donors (Lipinski definition) is 0. The zero-order valence-electron chi connectivity index (χ0n) is 9.00. The molecule has 0 heterocycles. The SMILES string of the molecule is C=CCCOC(OCCC=C)C(=C)C. The fourth-order valence-corrected chi connectivity index (χ4v) is 0.849. The van der Waals surface area contributed by atoms with Gasteiger partial charge in [0.15, 0.2) is 6.29 Å². The van der Waals surface area contributed by atoms with E-state index in [1.807, 2.05) is 19.1 Å². The highest BCUT2D eigenvalue weighted by Crippen LogP contribution is 2.07. The average molecular weight is 196 g/mol. The molecule has 0 aliphatic carbocycles. The second kappa shape index (κ2) is 8.73. The topological polar surface area (TPSA) is 18.5 Å². The summed E-state index contributed by atoms with van der Waals surface area (Å²) in [5.41, 5.74) is 0.887. The van der Waals surface area contributed by atoms with Gasteiger partial charge in [-0.15, -0.1) is 13.2 Å². The molecule has 0 saturated carbocycles. The Morgan fingerprint density at radius 2 is 1.57 bits per heavy atom. The van der Waals surface area contributed by atoms with Crippen molar-refractivity contribution in [3.63, 3.8) is 0 Å². The van der Waals surface area contributed by atoms with Crippen molar-refractivity contribution in [3.8, 4) is 0 Å². The van der Waals surface area contributed by atoms with Crippen LogP contribution in [0.3, 0.4) is 0 Å². The van der Waals surface area contributed by atoms with Gasteiger partial charge in [0.2, 0.25) is 0 Å².